The fourth-order valence-corrected chi connectivity index (χ4v) is 3.23. The van der Waals surface area contributed by atoms with Crippen LogP contribution < -0.4 is 0 Å². The Balaban J connectivity index is 1.79. The summed E-state index contributed by atoms with van der Waals surface area (Å²) in [6, 6.07) is 7.53. The number of rotatable bonds is 3. The lowest BCUT2D eigenvalue weighted by Gasteiger charge is -2.38. The Morgan fingerprint density at radius 1 is 1.38 bits per heavy atom. The lowest BCUT2D eigenvalue weighted by atomic mass is 9.84. The molecular formula is C17H21NO3. The normalized spacial score (nSPS) is 19.0. The van der Waals surface area contributed by atoms with Crippen LogP contribution in [0.15, 0.2) is 28.7 Å². The lowest BCUT2D eigenvalue weighted by molar-refractivity contribution is 0.0665. The fraction of sp³-hybridized carbons (Fsp3) is 0.471. The molecule has 1 aliphatic rings. The molecular weight excluding hydrogens is 266 g/mol. The molecule has 2 aromatic rings. The third-order valence-corrected chi connectivity index (χ3v) is 4.18. The third-order valence-electron chi connectivity index (χ3n) is 4.18. The van der Waals surface area contributed by atoms with Gasteiger partial charge in [-0.3, -0.25) is 4.90 Å². The van der Waals surface area contributed by atoms with E-state index < -0.39 is 5.97 Å². The van der Waals surface area contributed by atoms with Gasteiger partial charge in [-0.25, -0.2) is 4.79 Å². The number of carboxylic acid groups (broad SMARTS) is 1. The second-order valence-corrected chi connectivity index (χ2v) is 6.77. The number of fused-ring (bicyclic) bond motifs is 1. The maximum absolute atomic E-state index is 10.9. The molecule has 112 valence electrons. The molecule has 0 saturated carbocycles. The maximum atomic E-state index is 10.9. The minimum absolute atomic E-state index is 0.00116. The smallest absolute Gasteiger partial charge is 0.371 e. The van der Waals surface area contributed by atoms with Crippen molar-refractivity contribution in [3.05, 3.63) is 35.6 Å². The van der Waals surface area contributed by atoms with Gasteiger partial charge < -0.3 is 9.52 Å². The summed E-state index contributed by atoms with van der Waals surface area (Å²) < 4.78 is 5.29. The number of carbonyl (C=O) groups is 1. The molecule has 2 heterocycles. The molecule has 0 spiro atoms. The third kappa shape index (κ3) is 3.10. The van der Waals surface area contributed by atoms with E-state index in [9.17, 15) is 4.79 Å². The molecule has 1 aromatic carbocycles. The van der Waals surface area contributed by atoms with Crippen LogP contribution in [0.2, 0.25) is 0 Å². The minimum Gasteiger partial charge on any atom is -0.475 e. The lowest BCUT2D eigenvalue weighted by Crippen LogP contribution is -2.39. The molecule has 0 unspecified atom stereocenters. The number of benzene rings is 1. The van der Waals surface area contributed by atoms with Crippen LogP contribution >= 0.6 is 0 Å². The van der Waals surface area contributed by atoms with Gasteiger partial charge in [-0.15, -0.1) is 0 Å². The molecule has 0 amide bonds. The van der Waals surface area contributed by atoms with E-state index in [0.717, 1.165) is 25.0 Å². The summed E-state index contributed by atoms with van der Waals surface area (Å²) >= 11 is 0. The summed E-state index contributed by atoms with van der Waals surface area (Å²) in [7, 11) is 0. The van der Waals surface area contributed by atoms with Gasteiger partial charge in [0, 0.05) is 18.5 Å². The number of likely N-dealkylation sites (tertiary alicyclic amines) is 1. The van der Waals surface area contributed by atoms with Gasteiger partial charge in [-0.05, 0) is 48.6 Å². The van der Waals surface area contributed by atoms with E-state index in [1.54, 1.807) is 6.07 Å². The molecule has 4 heteroatoms. The maximum Gasteiger partial charge on any atom is 0.371 e. The van der Waals surface area contributed by atoms with Crippen molar-refractivity contribution in [2.24, 2.45) is 5.41 Å². The average Bonchev–Trinajstić information content (AvgIpc) is 2.80. The van der Waals surface area contributed by atoms with Crippen LogP contribution in [0, 0.1) is 5.41 Å². The highest BCUT2D eigenvalue weighted by Crippen LogP contribution is 2.29. The van der Waals surface area contributed by atoms with E-state index in [1.165, 1.54) is 18.4 Å². The molecule has 1 N–H and O–H groups in total. The Labute approximate surface area is 124 Å². The second kappa shape index (κ2) is 5.19. The molecule has 1 fully saturated rings. The second-order valence-electron chi connectivity index (χ2n) is 6.77. The Morgan fingerprint density at radius 2 is 2.19 bits per heavy atom. The summed E-state index contributed by atoms with van der Waals surface area (Å²) in [6.45, 7) is 7.78. The number of furan rings is 1. The number of hydrogen-bond acceptors (Lipinski definition) is 3. The van der Waals surface area contributed by atoms with Gasteiger partial charge in [0.25, 0.3) is 0 Å². The first-order valence-electron chi connectivity index (χ1n) is 7.41. The van der Waals surface area contributed by atoms with Crippen molar-refractivity contribution in [2.75, 3.05) is 13.1 Å². The summed E-state index contributed by atoms with van der Waals surface area (Å²) in [4.78, 5) is 13.4. The molecule has 1 saturated heterocycles. The van der Waals surface area contributed by atoms with Gasteiger partial charge in [-0.2, -0.15) is 0 Å². The highest BCUT2D eigenvalue weighted by Gasteiger charge is 2.26. The summed E-state index contributed by atoms with van der Waals surface area (Å²) in [5, 5.41) is 9.83. The zero-order valence-electron chi connectivity index (χ0n) is 12.6. The Bertz CT molecular complexity index is 672. The summed E-state index contributed by atoms with van der Waals surface area (Å²) in [5.41, 5.74) is 2.22. The van der Waals surface area contributed by atoms with Crippen LogP contribution in [0.3, 0.4) is 0 Å². The van der Waals surface area contributed by atoms with Crippen molar-refractivity contribution in [1.29, 1.82) is 0 Å². The largest absolute Gasteiger partial charge is 0.475 e. The Kier molecular flexibility index (Phi) is 3.49. The van der Waals surface area contributed by atoms with Crippen LogP contribution in [0.1, 0.15) is 42.8 Å². The van der Waals surface area contributed by atoms with Crippen molar-refractivity contribution in [2.45, 2.75) is 33.2 Å². The molecule has 21 heavy (non-hydrogen) atoms. The first-order valence-corrected chi connectivity index (χ1v) is 7.41. The predicted octanol–water partition coefficient (Wildman–Crippen LogP) is 3.75. The average molecular weight is 287 g/mol. The summed E-state index contributed by atoms with van der Waals surface area (Å²) in [5.74, 6) is -1.02. The van der Waals surface area contributed by atoms with E-state index >= 15 is 0 Å². The molecule has 4 nitrogen and oxygen atoms in total. The van der Waals surface area contributed by atoms with Crippen LogP contribution in [0.5, 0.6) is 0 Å². The van der Waals surface area contributed by atoms with E-state index in [1.807, 2.05) is 18.2 Å². The quantitative estimate of drug-likeness (QED) is 0.934. The van der Waals surface area contributed by atoms with E-state index in [0.29, 0.717) is 11.0 Å². The predicted molar refractivity (Wildman–Crippen MR) is 81.5 cm³/mol. The van der Waals surface area contributed by atoms with Crippen LogP contribution in [-0.2, 0) is 6.54 Å². The van der Waals surface area contributed by atoms with Crippen LogP contribution in [0.25, 0.3) is 11.0 Å². The molecule has 0 atom stereocenters. The number of piperidine rings is 1. The van der Waals surface area contributed by atoms with Crippen molar-refractivity contribution < 1.29 is 14.3 Å². The molecule has 0 aliphatic carbocycles. The van der Waals surface area contributed by atoms with Gasteiger partial charge in [0.15, 0.2) is 0 Å². The van der Waals surface area contributed by atoms with Crippen LogP contribution in [0.4, 0.5) is 0 Å². The van der Waals surface area contributed by atoms with Gasteiger partial charge in [0.1, 0.15) is 5.58 Å². The zero-order valence-corrected chi connectivity index (χ0v) is 12.6. The Hall–Kier alpha value is -1.81. The van der Waals surface area contributed by atoms with Gasteiger partial charge in [0.05, 0.1) is 0 Å². The highest BCUT2D eigenvalue weighted by atomic mass is 16.4. The first-order chi connectivity index (χ1) is 9.93. The van der Waals surface area contributed by atoms with Gasteiger partial charge in [0.2, 0.25) is 5.76 Å². The number of hydrogen-bond donors (Lipinski definition) is 1. The monoisotopic (exact) mass is 287 g/mol. The van der Waals surface area contributed by atoms with Gasteiger partial charge >= 0.3 is 5.97 Å². The molecule has 1 aliphatic heterocycles. The van der Waals surface area contributed by atoms with Crippen molar-refractivity contribution in [3.8, 4) is 0 Å². The van der Waals surface area contributed by atoms with E-state index in [2.05, 4.69) is 18.7 Å². The molecule has 0 bridgehead atoms. The highest BCUT2D eigenvalue weighted by molar-refractivity contribution is 5.91. The molecule has 1 aromatic heterocycles. The van der Waals surface area contributed by atoms with E-state index in [4.69, 9.17) is 9.52 Å². The minimum atomic E-state index is -1.02. The number of aromatic carboxylic acids is 1. The SMILES string of the molecule is CC1(C)CCCN(Cc2ccc3oc(C(=O)O)cc3c2)C1. The van der Waals surface area contributed by atoms with Crippen LogP contribution in [-0.4, -0.2) is 29.1 Å². The van der Waals surface area contributed by atoms with Crippen molar-refractivity contribution >= 4 is 16.9 Å². The number of nitrogens with zero attached hydrogens (tertiary/aromatic N) is 1. The van der Waals surface area contributed by atoms with E-state index in [-0.39, 0.29) is 5.76 Å². The fourth-order valence-electron chi connectivity index (χ4n) is 3.23. The molecule has 3 rings (SSSR count). The first kappa shape index (κ1) is 14.1. The standard InChI is InChI=1S/C17H21NO3/c1-17(2)6-3-7-18(11-17)10-12-4-5-14-13(8-12)9-15(21-14)16(19)20/h4-5,8-9H,3,6-7,10-11H2,1-2H3,(H,19,20). The molecule has 0 radical (unpaired) electrons. The summed E-state index contributed by atoms with van der Waals surface area (Å²) in [6.07, 6.45) is 2.52. The van der Waals surface area contributed by atoms with Gasteiger partial charge in [-0.1, -0.05) is 19.9 Å². The Morgan fingerprint density at radius 3 is 2.90 bits per heavy atom. The number of carboxylic acids is 1. The zero-order chi connectivity index (χ0) is 15.0. The topological polar surface area (TPSA) is 53.7 Å². The van der Waals surface area contributed by atoms with Crippen molar-refractivity contribution in [3.63, 3.8) is 0 Å². The van der Waals surface area contributed by atoms with Crippen molar-refractivity contribution in [1.82, 2.24) is 4.90 Å².